The third-order valence-corrected chi connectivity index (χ3v) is 3.57. The molecule has 2 aromatic carbocycles. The van der Waals surface area contributed by atoms with Gasteiger partial charge in [0.2, 0.25) is 11.7 Å². The van der Waals surface area contributed by atoms with E-state index in [0.717, 1.165) is 29.8 Å². The van der Waals surface area contributed by atoms with E-state index >= 15 is 0 Å². The van der Waals surface area contributed by atoms with Crippen molar-refractivity contribution in [3.63, 3.8) is 0 Å². The molecular formula is C17H18FN3O3. The van der Waals surface area contributed by atoms with Crippen LogP contribution in [0, 0.1) is 15.9 Å². The van der Waals surface area contributed by atoms with Crippen molar-refractivity contribution in [1.29, 1.82) is 0 Å². The minimum absolute atomic E-state index is 0.172. The number of nitrogens with one attached hydrogen (secondary N) is 2. The number of benzene rings is 2. The van der Waals surface area contributed by atoms with Gasteiger partial charge in [0.15, 0.2) is 0 Å². The summed E-state index contributed by atoms with van der Waals surface area (Å²) in [6.45, 7) is 3.70. The van der Waals surface area contributed by atoms with Crippen molar-refractivity contribution in [3.05, 3.63) is 64.0 Å². The van der Waals surface area contributed by atoms with Crippen LogP contribution in [0.2, 0.25) is 0 Å². The van der Waals surface area contributed by atoms with Crippen molar-refractivity contribution < 1.29 is 14.1 Å². The Kier molecular flexibility index (Phi) is 5.47. The SMILES string of the molecule is CCc1ccccc1N[C@H](C)C(=O)Nc1ccc(F)c([N+](=O)[O-])c1. The molecule has 2 rings (SSSR count). The molecule has 0 fully saturated rings. The maximum absolute atomic E-state index is 13.3. The number of carbonyl (C=O) groups excluding carboxylic acids is 1. The van der Waals surface area contributed by atoms with Crippen molar-refractivity contribution in [2.75, 3.05) is 10.6 Å². The number of nitro benzene ring substituents is 1. The van der Waals surface area contributed by atoms with Gasteiger partial charge < -0.3 is 10.6 Å². The smallest absolute Gasteiger partial charge is 0.306 e. The Morgan fingerprint density at radius 3 is 2.67 bits per heavy atom. The number of nitrogens with zero attached hydrogens (tertiary/aromatic N) is 1. The Hall–Kier alpha value is -2.96. The highest BCUT2D eigenvalue weighted by Gasteiger charge is 2.18. The number of anilines is 2. The third kappa shape index (κ3) is 4.07. The summed E-state index contributed by atoms with van der Waals surface area (Å²) in [7, 11) is 0. The molecule has 0 heterocycles. The number of hydrogen-bond acceptors (Lipinski definition) is 4. The van der Waals surface area contributed by atoms with Crippen LogP contribution in [0.25, 0.3) is 0 Å². The lowest BCUT2D eigenvalue weighted by Gasteiger charge is -2.17. The maximum Gasteiger partial charge on any atom is 0.306 e. The number of amides is 1. The van der Waals surface area contributed by atoms with E-state index in [4.69, 9.17) is 0 Å². The zero-order valence-electron chi connectivity index (χ0n) is 13.4. The topological polar surface area (TPSA) is 84.3 Å². The normalized spacial score (nSPS) is 11.6. The summed E-state index contributed by atoms with van der Waals surface area (Å²) in [5, 5.41) is 16.4. The molecule has 1 atom stereocenters. The van der Waals surface area contributed by atoms with Gasteiger partial charge in [0.1, 0.15) is 6.04 Å². The summed E-state index contributed by atoms with van der Waals surface area (Å²) in [5.74, 6) is -1.32. The summed E-state index contributed by atoms with van der Waals surface area (Å²) in [4.78, 5) is 22.2. The standard InChI is InChI=1S/C17H18FN3O3/c1-3-12-6-4-5-7-15(12)19-11(2)17(22)20-13-8-9-14(18)16(10-13)21(23)24/h4-11,19H,3H2,1-2H3,(H,20,22)/t11-/m1/s1. The molecule has 0 aliphatic carbocycles. The van der Waals surface area contributed by atoms with Gasteiger partial charge in [-0.25, -0.2) is 0 Å². The van der Waals surface area contributed by atoms with Crippen LogP contribution in [0.3, 0.4) is 0 Å². The van der Waals surface area contributed by atoms with Crippen molar-refractivity contribution in [2.24, 2.45) is 0 Å². The predicted octanol–water partition coefficient (Wildman–Crippen LogP) is 3.74. The molecule has 0 saturated heterocycles. The molecule has 7 heteroatoms. The highest BCUT2D eigenvalue weighted by atomic mass is 19.1. The van der Waals surface area contributed by atoms with Gasteiger partial charge in [-0.15, -0.1) is 0 Å². The quantitative estimate of drug-likeness (QED) is 0.624. The van der Waals surface area contributed by atoms with Crippen LogP contribution in [-0.4, -0.2) is 16.9 Å². The average molecular weight is 331 g/mol. The lowest BCUT2D eigenvalue weighted by molar-refractivity contribution is -0.387. The van der Waals surface area contributed by atoms with E-state index in [-0.39, 0.29) is 11.6 Å². The van der Waals surface area contributed by atoms with E-state index < -0.39 is 22.5 Å². The Morgan fingerprint density at radius 2 is 2.00 bits per heavy atom. The van der Waals surface area contributed by atoms with Crippen LogP contribution in [0.5, 0.6) is 0 Å². The number of nitro groups is 1. The molecule has 0 saturated carbocycles. The molecule has 0 spiro atoms. The second-order valence-electron chi connectivity index (χ2n) is 5.29. The maximum atomic E-state index is 13.3. The summed E-state index contributed by atoms with van der Waals surface area (Å²) in [5.41, 5.74) is 1.43. The van der Waals surface area contributed by atoms with Gasteiger partial charge in [-0.1, -0.05) is 25.1 Å². The molecule has 0 bridgehead atoms. The first kappa shape index (κ1) is 17.4. The zero-order valence-corrected chi connectivity index (χ0v) is 13.4. The molecule has 0 radical (unpaired) electrons. The zero-order chi connectivity index (χ0) is 17.7. The highest BCUT2D eigenvalue weighted by molar-refractivity contribution is 5.96. The van der Waals surface area contributed by atoms with Crippen LogP contribution in [0.1, 0.15) is 19.4 Å². The van der Waals surface area contributed by atoms with Crippen molar-refractivity contribution in [2.45, 2.75) is 26.3 Å². The fourth-order valence-electron chi connectivity index (χ4n) is 2.25. The first-order chi connectivity index (χ1) is 11.4. The molecule has 6 nitrogen and oxygen atoms in total. The molecule has 2 aromatic rings. The first-order valence-electron chi connectivity index (χ1n) is 7.51. The highest BCUT2D eigenvalue weighted by Crippen LogP contribution is 2.22. The van der Waals surface area contributed by atoms with Crippen LogP contribution in [-0.2, 0) is 11.2 Å². The number of carbonyl (C=O) groups is 1. The van der Waals surface area contributed by atoms with Gasteiger partial charge in [-0.05, 0) is 37.1 Å². The van der Waals surface area contributed by atoms with Gasteiger partial charge in [0.25, 0.3) is 0 Å². The Balaban J connectivity index is 2.09. The van der Waals surface area contributed by atoms with E-state index in [0.29, 0.717) is 0 Å². The average Bonchev–Trinajstić information content (AvgIpc) is 2.56. The minimum atomic E-state index is -0.943. The Bertz CT molecular complexity index is 764. The van der Waals surface area contributed by atoms with Gasteiger partial charge in [0, 0.05) is 17.4 Å². The fraction of sp³-hybridized carbons (Fsp3) is 0.235. The first-order valence-corrected chi connectivity index (χ1v) is 7.51. The van der Waals surface area contributed by atoms with E-state index in [2.05, 4.69) is 10.6 Å². The second-order valence-corrected chi connectivity index (χ2v) is 5.29. The van der Waals surface area contributed by atoms with Crippen LogP contribution < -0.4 is 10.6 Å². The summed E-state index contributed by atoms with van der Waals surface area (Å²) in [6, 6.07) is 10.3. The molecule has 0 aromatic heterocycles. The number of rotatable bonds is 6. The minimum Gasteiger partial charge on any atom is -0.374 e. The van der Waals surface area contributed by atoms with Crippen LogP contribution in [0.15, 0.2) is 42.5 Å². The molecule has 1 amide bonds. The second kappa shape index (κ2) is 7.54. The van der Waals surface area contributed by atoms with Crippen molar-refractivity contribution in [3.8, 4) is 0 Å². The van der Waals surface area contributed by atoms with Gasteiger partial charge in [-0.2, -0.15) is 4.39 Å². The monoisotopic (exact) mass is 331 g/mol. The van der Waals surface area contributed by atoms with Gasteiger partial charge in [0.05, 0.1) is 4.92 Å². The van der Waals surface area contributed by atoms with E-state index in [9.17, 15) is 19.3 Å². The molecular weight excluding hydrogens is 313 g/mol. The van der Waals surface area contributed by atoms with E-state index in [1.165, 1.54) is 6.07 Å². The summed E-state index contributed by atoms with van der Waals surface area (Å²) >= 11 is 0. The molecule has 0 aliphatic heterocycles. The molecule has 0 unspecified atom stereocenters. The number of aryl methyl sites for hydroxylation is 1. The van der Waals surface area contributed by atoms with Crippen LogP contribution >= 0.6 is 0 Å². The third-order valence-electron chi connectivity index (χ3n) is 3.57. The number of hydrogen-bond donors (Lipinski definition) is 2. The lowest BCUT2D eigenvalue weighted by atomic mass is 10.1. The molecule has 0 aliphatic rings. The summed E-state index contributed by atoms with van der Waals surface area (Å²) < 4.78 is 13.3. The molecule has 126 valence electrons. The van der Waals surface area contributed by atoms with Crippen molar-refractivity contribution in [1.82, 2.24) is 0 Å². The lowest BCUT2D eigenvalue weighted by Crippen LogP contribution is -2.32. The largest absolute Gasteiger partial charge is 0.374 e. The molecule has 2 N–H and O–H groups in total. The Labute approximate surface area is 138 Å². The van der Waals surface area contributed by atoms with E-state index in [1.54, 1.807) is 6.92 Å². The molecule has 24 heavy (non-hydrogen) atoms. The van der Waals surface area contributed by atoms with Crippen molar-refractivity contribution >= 4 is 23.0 Å². The van der Waals surface area contributed by atoms with Crippen LogP contribution in [0.4, 0.5) is 21.5 Å². The fourth-order valence-corrected chi connectivity index (χ4v) is 2.25. The predicted molar refractivity (Wildman–Crippen MR) is 90.6 cm³/mol. The Morgan fingerprint density at radius 1 is 1.29 bits per heavy atom. The number of halogens is 1. The van der Waals surface area contributed by atoms with Gasteiger partial charge >= 0.3 is 5.69 Å². The number of para-hydroxylation sites is 1. The summed E-state index contributed by atoms with van der Waals surface area (Å²) in [6.07, 6.45) is 0.821. The van der Waals surface area contributed by atoms with E-state index in [1.807, 2.05) is 31.2 Å². The van der Waals surface area contributed by atoms with Gasteiger partial charge in [-0.3, -0.25) is 14.9 Å².